The zero-order chi connectivity index (χ0) is 22.1. The second kappa shape index (κ2) is 8.96. The van der Waals surface area contributed by atoms with Crippen LogP contribution in [0.3, 0.4) is 0 Å². The molecule has 0 spiro atoms. The normalized spacial score (nSPS) is 23.5. The number of nitrogens with zero attached hydrogens (tertiary/aromatic N) is 1. The van der Waals surface area contributed by atoms with Crippen LogP contribution in [-0.2, 0) is 19.0 Å². The molecule has 3 unspecified atom stereocenters. The number of rotatable bonds is 4. The van der Waals surface area contributed by atoms with Crippen LogP contribution < -0.4 is 5.32 Å². The summed E-state index contributed by atoms with van der Waals surface area (Å²) in [6.45, 7) is 1.63. The number of benzene rings is 2. The molecule has 5 rings (SSSR count). The van der Waals surface area contributed by atoms with E-state index >= 15 is 0 Å². The molecule has 1 amide bonds. The van der Waals surface area contributed by atoms with Crippen LogP contribution in [0.15, 0.2) is 53.5 Å². The number of carbonyl (C=O) groups excluding carboxylic acids is 2. The fourth-order valence-electron chi connectivity index (χ4n) is 4.03. The molecule has 3 aliphatic rings. The van der Waals surface area contributed by atoms with E-state index in [1.54, 1.807) is 0 Å². The van der Waals surface area contributed by atoms with Crippen molar-refractivity contribution in [1.82, 2.24) is 5.32 Å². The predicted octanol–water partition coefficient (Wildman–Crippen LogP) is 3.45. The van der Waals surface area contributed by atoms with Crippen molar-refractivity contribution < 1.29 is 23.8 Å². The molecule has 162 valence electrons. The molecule has 1 saturated heterocycles. The predicted molar refractivity (Wildman–Crippen MR) is 119 cm³/mol. The molecule has 0 bridgehead atoms. The Labute approximate surface area is 190 Å². The molecule has 1 fully saturated rings. The van der Waals surface area contributed by atoms with E-state index in [-0.39, 0.29) is 36.6 Å². The van der Waals surface area contributed by atoms with E-state index in [0.29, 0.717) is 5.17 Å². The van der Waals surface area contributed by atoms with Crippen molar-refractivity contribution in [3.05, 3.63) is 72.5 Å². The molecule has 2 heterocycles. The van der Waals surface area contributed by atoms with Gasteiger partial charge in [0, 0.05) is 25.7 Å². The molecule has 1 N–H and O–H groups in total. The van der Waals surface area contributed by atoms with Crippen molar-refractivity contribution in [2.24, 2.45) is 4.99 Å². The monoisotopic (exact) mass is 448 g/mol. The van der Waals surface area contributed by atoms with E-state index in [2.05, 4.69) is 47.4 Å². The van der Waals surface area contributed by atoms with E-state index in [1.165, 1.54) is 29.8 Å². The van der Waals surface area contributed by atoms with Crippen molar-refractivity contribution in [2.75, 3.05) is 13.2 Å². The summed E-state index contributed by atoms with van der Waals surface area (Å²) in [4.78, 5) is 27.8. The minimum atomic E-state index is -0.568. The highest BCUT2D eigenvalue weighted by atomic mass is 32.2. The molecule has 8 heteroatoms. The smallest absolute Gasteiger partial charge is 0.413 e. The van der Waals surface area contributed by atoms with Gasteiger partial charge in [0.05, 0.1) is 6.04 Å². The summed E-state index contributed by atoms with van der Waals surface area (Å²) >= 11 is 1.27. The molecule has 4 radical (unpaired) electrons. The zero-order valence-electron chi connectivity index (χ0n) is 17.2. The maximum absolute atomic E-state index is 12.5. The van der Waals surface area contributed by atoms with Crippen molar-refractivity contribution in [3.8, 4) is 11.1 Å². The third kappa shape index (κ3) is 4.25. The van der Waals surface area contributed by atoms with E-state index in [0.717, 1.165) is 11.1 Å². The van der Waals surface area contributed by atoms with Gasteiger partial charge in [0.15, 0.2) is 5.17 Å². The first kappa shape index (κ1) is 21.0. The number of esters is 1. The first-order chi connectivity index (χ1) is 15.6. The Kier molecular flexibility index (Phi) is 5.89. The lowest BCUT2D eigenvalue weighted by atomic mass is 9.98. The van der Waals surface area contributed by atoms with Gasteiger partial charge >= 0.3 is 12.1 Å². The van der Waals surface area contributed by atoms with Gasteiger partial charge in [-0.1, -0.05) is 60.3 Å². The maximum Gasteiger partial charge on any atom is 0.413 e. The van der Waals surface area contributed by atoms with Crippen LogP contribution in [0, 0.1) is 12.8 Å². The van der Waals surface area contributed by atoms with Crippen LogP contribution in [0.1, 0.15) is 24.0 Å². The molecule has 0 saturated carbocycles. The number of thioether (sulfide) groups is 1. The van der Waals surface area contributed by atoms with Crippen molar-refractivity contribution in [3.63, 3.8) is 0 Å². The second-order valence-corrected chi connectivity index (χ2v) is 8.62. The Morgan fingerprint density at radius 1 is 1.03 bits per heavy atom. The number of fused-ring (bicyclic) bond motifs is 4. The average molecular weight is 449 g/mol. The summed E-state index contributed by atoms with van der Waals surface area (Å²) in [6, 6.07) is 16.0. The third-order valence-electron chi connectivity index (χ3n) is 5.42. The molecule has 0 aromatic heterocycles. The SMILES string of the molecule is CC(=O)OCC1[C][C]C2N=C(NC(=O)OCC3c4ccccc4-c4ccccc43)SC2O1. The lowest BCUT2D eigenvalue weighted by Crippen LogP contribution is -2.37. The number of nitrogens with one attached hydrogen (secondary N) is 1. The Bertz CT molecular complexity index is 1030. The summed E-state index contributed by atoms with van der Waals surface area (Å²) < 4.78 is 16.3. The molecule has 2 aromatic carbocycles. The summed E-state index contributed by atoms with van der Waals surface area (Å²) in [5.41, 5.74) is 4.30. The van der Waals surface area contributed by atoms with E-state index in [4.69, 9.17) is 14.2 Å². The number of carbonyl (C=O) groups is 2. The van der Waals surface area contributed by atoms with Gasteiger partial charge in [-0.25, -0.2) is 4.79 Å². The number of alkyl carbamates (subject to hydrolysis) is 1. The molecule has 3 atom stereocenters. The lowest BCUT2D eigenvalue weighted by molar-refractivity contribution is -0.145. The minimum absolute atomic E-state index is 0.00913. The topological polar surface area (TPSA) is 86.2 Å². The summed E-state index contributed by atoms with van der Waals surface area (Å²) in [5, 5.41) is 3.09. The number of ether oxygens (including phenoxy) is 3. The van der Waals surface area contributed by atoms with Crippen LogP contribution in [-0.4, -0.2) is 48.0 Å². The summed E-state index contributed by atoms with van der Waals surface area (Å²) in [7, 11) is 0. The third-order valence-corrected chi connectivity index (χ3v) is 6.46. The van der Waals surface area contributed by atoms with Crippen LogP contribution in [0.2, 0.25) is 0 Å². The fraction of sp³-hybridized carbons (Fsp3) is 0.292. The van der Waals surface area contributed by atoms with Crippen LogP contribution in [0.5, 0.6) is 0 Å². The van der Waals surface area contributed by atoms with Gasteiger partial charge in [0.1, 0.15) is 24.8 Å². The molecule has 32 heavy (non-hydrogen) atoms. The highest BCUT2D eigenvalue weighted by Crippen LogP contribution is 2.44. The van der Waals surface area contributed by atoms with Gasteiger partial charge in [0.25, 0.3) is 0 Å². The number of hydrogen-bond acceptors (Lipinski definition) is 7. The second-order valence-electron chi connectivity index (χ2n) is 7.53. The fourth-order valence-corrected chi connectivity index (χ4v) is 5.01. The van der Waals surface area contributed by atoms with Gasteiger partial charge < -0.3 is 14.2 Å². The Morgan fingerprint density at radius 2 is 1.72 bits per heavy atom. The Balaban J connectivity index is 1.16. The Morgan fingerprint density at radius 3 is 2.41 bits per heavy atom. The zero-order valence-corrected chi connectivity index (χ0v) is 18.1. The lowest BCUT2D eigenvalue weighted by Gasteiger charge is -2.28. The highest BCUT2D eigenvalue weighted by Gasteiger charge is 2.39. The maximum atomic E-state index is 12.5. The largest absolute Gasteiger partial charge is 0.463 e. The molecule has 1 aliphatic carbocycles. The quantitative estimate of drug-likeness (QED) is 0.721. The van der Waals surface area contributed by atoms with Crippen molar-refractivity contribution in [1.29, 1.82) is 0 Å². The number of amides is 1. The van der Waals surface area contributed by atoms with Gasteiger partial charge in [0.2, 0.25) is 0 Å². The number of hydrogen-bond donors (Lipinski definition) is 1. The van der Waals surface area contributed by atoms with E-state index in [9.17, 15) is 9.59 Å². The molecular formula is C24H20N2O5S. The number of aliphatic imine (C=N–C) groups is 1. The standard InChI is InChI=1S/C24H20N2O5S/c1-14(27)29-12-15-10-11-21-22(31-15)32-23(25-21)26-24(28)30-13-20-18-8-4-2-6-16(18)17-7-3-5-9-19(17)20/h2-9,15,20-22H,12-13H2,1H3,(H,25,26,28). The molecule has 2 aliphatic heterocycles. The Hall–Kier alpha value is -2.84. The van der Waals surface area contributed by atoms with Gasteiger partial charge in [-0.3, -0.25) is 15.1 Å². The highest BCUT2D eigenvalue weighted by molar-refractivity contribution is 8.14. The van der Waals surface area contributed by atoms with Crippen molar-refractivity contribution >= 4 is 29.0 Å². The first-order valence-corrected chi connectivity index (χ1v) is 11.1. The molecule has 2 aromatic rings. The van der Waals surface area contributed by atoms with Gasteiger partial charge in [-0.2, -0.15) is 0 Å². The molecule has 7 nitrogen and oxygen atoms in total. The average Bonchev–Trinajstić information content (AvgIpc) is 3.34. The van der Waals surface area contributed by atoms with Crippen LogP contribution in [0.25, 0.3) is 11.1 Å². The van der Waals surface area contributed by atoms with E-state index < -0.39 is 12.2 Å². The van der Waals surface area contributed by atoms with Gasteiger partial charge in [-0.05, 0) is 22.3 Å². The van der Waals surface area contributed by atoms with Crippen molar-refractivity contribution in [2.45, 2.75) is 30.4 Å². The number of amidine groups is 1. The summed E-state index contributed by atoms with van der Waals surface area (Å²) in [6.07, 6.45) is 4.81. The minimum Gasteiger partial charge on any atom is -0.463 e. The van der Waals surface area contributed by atoms with Gasteiger partial charge in [-0.15, -0.1) is 0 Å². The summed E-state index contributed by atoms with van der Waals surface area (Å²) in [5.74, 6) is -0.393. The van der Waals surface area contributed by atoms with Crippen LogP contribution >= 0.6 is 11.8 Å². The molecular weight excluding hydrogens is 428 g/mol. The van der Waals surface area contributed by atoms with Crippen LogP contribution in [0.4, 0.5) is 4.79 Å². The van der Waals surface area contributed by atoms with E-state index in [1.807, 2.05) is 24.3 Å². The first-order valence-electron chi connectivity index (χ1n) is 10.2.